The lowest BCUT2D eigenvalue weighted by molar-refractivity contribution is -0.300. The Bertz CT molecular complexity index is 599. The van der Waals surface area contributed by atoms with Gasteiger partial charge in [-0.3, -0.25) is 4.79 Å². The number of ether oxygens (including phenoxy) is 2. The van der Waals surface area contributed by atoms with Crippen molar-refractivity contribution in [2.45, 2.75) is 97.1 Å². The molecule has 0 spiro atoms. The van der Waals surface area contributed by atoms with Gasteiger partial charge in [-0.25, -0.2) is 0 Å². The molecule has 1 N–H and O–H groups in total. The lowest BCUT2D eigenvalue weighted by atomic mass is 9.43. The van der Waals surface area contributed by atoms with Crippen LogP contribution in [-0.4, -0.2) is 34.5 Å². The molecule has 7 unspecified atom stereocenters. The van der Waals surface area contributed by atoms with Gasteiger partial charge in [0.2, 0.25) is 0 Å². The molecule has 1 saturated heterocycles. The van der Waals surface area contributed by atoms with Gasteiger partial charge in [-0.2, -0.15) is 0 Å². The highest BCUT2D eigenvalue weighted by molar-refractivity contribution is 5.66. The van der Waals surface area contributed by atoms with Gasteiger partial charge >= 0.3 is 5.97 Å². The molecule has 1 aliphatic heterocycles. The second kappa shape index (κ2) is 6.07. The first-order valence-electron chi connectivity index (χ1n) is 10.1. The normalized spacial score (nSPS) is 50.3. The van der Waals surface area contributed by atoms with Crippen molar-refractivity contribution < 1.29 is 19.4 Å². The van der Waals surface area contributed by atoms with Crippen molar-refractivity contribution in [3.63, 3.8) is 0 Å². The highest BCUT2D eigenvalue weighted by atomic mass is 16.6. The van der Waals surface area contributed by atoms with Gasteiger partial charge in [-0.15, -0.1) is 6.58 Å². The third kappa shape index (κ3) is 2.75. The molecule has 7 atom stereocenters. The molecule has 0 amide bonds. The molecule has 0 aromatic carbocycles. The van der Waals surface area contributed by atoms with Crippen molar-refractivity contribution in [2.24, 2.45) is 22.7 Å². The third-order valence-corrected chi connectivity index (χ3v) is 8.21. The molecule has 4 nitrogen and oxygen atoms in total. The molecule has 3 rings (SSSR count). The zero-order valence-corrected chi connectivity index (χ0v) is 17.3. The molecule has 3 aliphatic rings. The number of carbonyl (C=O) groups excluding carboxylic acids is 1. The van der Waals surface area contributed by atoms with Gasteiger partial charge in [-0.05, 0) is 68.6 Å². The van der Waals surface area contributed by atoms with Crippen LogP contribution >= 0.6 is 0 Å². The van der Waals surface area contributed by atoms with Gasteiger partial charge in [-0.1, -0.05) is 26.8 Å². The summed E-state index contributed by atoms with van der Waals surface area (Å²) in [6.45, 7) is 16.4. The van der Waals surface area contributed by atoms with Gasteiger partial charge in [0.05, 0.1) is 11.7 Å². The minimum Gasteiger partial charge on any atom is -0.459 e. The number of hydrogen-bond acceptors (Lipinski definition) is 4. The highest BCUT2D eigenvalue weighted by Gasteiger charge is 2.67. The fourth-order valence-electron chi connectivity index (χ4n) is 6.64. The molecule has 0 bridgehead atoms. The summed E-state index contributed by atoms with van der Waals surface area (Å²) in [6, 6.07) is 0. The van der Waals surface area contributed by atoms with Crippen LogP contribution in [0.25, 0.3) is 0 Å². The van der Waals surface area contributed by atoms with E-state index in [0.29, 0.717) is 0 Å². The Labute approximate surface area is 158 Å². The summed E-state index contributed by atoms with van der Waals surface area (Å²) in [5.41, 5.74) is -1.06. The van der Waals surface area contributed by atoms with Crippen LogP contribution in [0, 0.1) is 22.7 Å². The predicted molar refractivity (Wildman–Crippen MR) is 102 cm³/mol. The van der Waals surface area contributed by atoms with Gasteiger partial charge in [0.25, 0.3) is 0 Å². The molecule has 3 fully saturated rings. The van der Waals surface area contributed by atoms with Crippen molar-refractivity contribution in [3.8, 4) is 0 Å². The number of aliphatic hydroxyl groups excluding tert-OH is 1. The number of esters is 1. The number of carbonyl (C=O) groups is 1. The Balaban J connectivity index is 2.07. The monoisotopic (exact) mass is 364 g/mol. The van der Waals surface area contributed by atoms with Crippen molar-refractivity contribution in [1.29, 1.82) is 0 Å². The van der Waals surface area contributed by atoms with E-state index in [1.165, 1.54) is 6.92 Å². The van der Waals surface area contributed by atoms with E-state index < -0.39 is 11.2 Å². The standard InChI is InChI=1S/C22H36O4/c1-8-20(5)11-9-15-21(6)12-10-17(24)19(3,4)16(21)13-18(25-14(2)23)22(15,7)26-20/h8,15-18,24H,1,9-13H2,2-7H3. The number of rotatable bonds is 2. The van der Waals surface area contributed by atoms with Crippen LogP contribution in [0.3, 0.4) is 0 Å². The summed E-state index contributed by atoms with van der Waals surface area (Å²) < 4.78 is 12.5. The van der Waals surface area contributed by atoms with E-state index in [0.717, 1.165) is 32.1 Å². The first kappa shape index (κ1) is 19.9. The van der Waals surface area contributed by atoms with Crippen molar-refractivity contribution in [2.75, 3.05) is 0 Å². The quantitative estimate of drug-likeness (QED) is 0.588. The van der Waals surface area contributed by atoms with E-state index in [4.69, 9.17) is 9.47 Å². The van der Waals surface area contributed by atoms with Crippen LogP contribution in [0.4, 0.5) is 0 Å². The van der Waals surface area contributed by atoms with Crippen LogP contribution in [0.2, 0.25) is 0 Å². The van der Waals surface area contributed by atoms with Crippen LogP contribution in [0.1, 0.15) is 73.6 Å². The lowest BCUT2D eigenvalue weighted by Crippen LogP contribution is -2.69. The second-order valence-corrected chi connectivity index (χ2v) is 10.2. The molecule has 0 radical (unpaired) electrons. The zero-order chi connectivity index (χ0) is 19.5. The van der Waals surface area contributed by atoms with E-state index in [1.54, 1.807) is 0 Å². The van der Waals surface area contributed by atoms with E-state index in [1.807, 2.05) is 6.08 Å². The predicted octanol–water partition coefficient (Wildman–Crippen LogP) is 4.26. The van der Waals surface area contributed by atoms with E-state index >= 15 is 0 Å². The molecule has 0 aromatic heterocycles. The summed E-state index contributed by atoms with van der Waals surface area (Å²) in [6.07, 6.45) is 5.78. The maximum absolute atomic E-state index is 11.9. The van der Waals surface area contributed by atoms with E-state index in [-0.39, 0.29) is 40.8 Å². The fourth-order valence-corrected chi connectivity index (χ4v) is 6.64. The topological polar surface area (TPSA) is 55.8 Å². The number of hydrogen-bond donors (Lipinski definition) is 1. The molecular formula is C22H36O4. The Kier molecular flexibility index (Phi) is 4.64. The van der Waals surface area contributed by atoms with Gasteiger partial charge in [0, 0.05) is 6.92 Å². The SMILES string of the molecule is C=CC1(C)CCC2C3(C)CCC(O)C(C)(C)C3CC(OC(C)=O)C2(C)O1. The number of aliphatic hydroxyl groups is 1. The molecule has 4 heteroatoms. The summed E-state index contributed by atoms with van der Waals surface area (Å²) in [7, 11) is 0. The summed E-state index contributed by atoms with van der Waals surface area (Å²) in [5, 5.41) is 10.7. The minimum absolute atomic E-state index is 0.0661. The van der Waals surface area contributed by atoms with Crippen LogP contribution < -0.4 is 0 Å². The molecule has 0 aromatic rings. The Morgan fingerprint density at radius 3 is 2.38 bits per heavy atom. The average Bonchev–Trinajstić information content (AvgIpc) is 2.53. The Morgan fingerprint density at radius 2 is 1.81 bits per heavy atom. The molecule has 2 saturated carbocycles. The van der Waals surface area contributed by atoms with Gasteiger partial charge in [0.1, 0.15) is 11.7 Å². The van der Waals surface area contributed by atoms with Crippen LogP contribution in [0.5, 0.6) is 0 Å². The van der Waals surface area contributed by atoms with Crippen LogP contribution in [-0.2, 0) is 14.3 Å². The summed E-state index contributed by atoms with van der Waals surface area (Å²) in [4.78, 5) is 11.9. The minimum atomic E-state index is -0.531. The molecule has 26 heavy (non-hydrogen) atoms. The highest BCUT2D eigenvalue weighted by Crippen LogP contribution is 2.66. The fraction of sp³-hybridized carbons (Fsp3) is 0.864. The zero-order valence-electron chi connectivity index (χ0n) is 17.3. The first-order valence-corrected chi connectivity index (χ1v) is 10.1. The van der Waals surface area contributed by atoms with Crippen molar-refractivity contribution >= 4 is 5.97 Å². The molecular weight excluding hydrogens is 328 g/mol. The number of fused-ring (bicyclic) bond motifs is 3. The Morgan fingerprint density at radius 1 is 1.15 bits per heavy atom. The molecule has 148 valence electrons. The Hall–Kier alpha value is -0.870. The third-order valence-electron chi connectivity index (χ3n) is 8.21. The van der Waals surface area contributed by atoms with Crippen molar-refractivity contribution in [3.05, 3.63) is 12.7 Å². The molecule has 1 heterocycles. The summed E-state index contributed by atoms with van der Waals surface area (Å²) in [5.74, 6) is 0.318. The molecule has 2 aliphatic carbocycles. The largest absolute Gasteiger partial charge is 0.459 e. The first-order chi connectivity index (χ1) is 11.9. The summed E-state index contributed by atoms with van der Waals surface area (Å²) >= 11 is 0. The average molecular weight is 365 g/mol. The maximum atomic E-state index is 11.9. The lowest BCUT2D eigenvalue weighted by Gasteiger charge is -2.67. The van der Waals surface area contributed by atoms with Crippen LogP contribution in [0.15, 0.2) is 12.7 Å². The maximum Gasteiger partial charge on any atom is 0.303 e. The van der Waals surface area contributed by atoms with E-state index in [9.17, 15) is 9.90 Å². The van der Waals surface area contributed by atoms with E-state index in [2.05, 4.69) is 41.2 Å². The smallest absolute Gasteiger partial charge is 0.303 e. The van der Waals surface area contributed by atoms with Gasteiger partial charge in [0.15, 0.2) is 0 Å². The second-order valence-electron chi connectivity index (χ2n) is 10.2. The van der Waals surface area contributed by atoms with Crippen molar-refractivity contribution in [1.82, 2.24) is 0 Å². The van der Waals surface area contributed by atoms with Gasteiger partial charge < -0.3 is 14.6 Å².